The van der Waals surface area contributed by atoms with Gasteiger partial charge in [0.05, 0.1) is 37.9 Å². The lowest BCUT2D eigenvalue weighted by molar-refractivity contribution is -0.120. The lowest BCUT2D eigenvalue weighted by atomic mass is 10.1. The van der Waals surface area contributed by atoms with Crippen molar-refractivity contribution in [2.45, 2.75) is 57.7 Å². The molecular formula is C18H23N3O2S. The van der Waals surface area contributed by atoms with Gasteiger partial charge in [-0.15, -0.1) is 11.3 Å². The zero-order valence-electron chi connectivity index (χ0n) is 13.8. The van der Waals surface area contributed by atoms with Gasteiger partial charge in [-0.3, -0.25) is 9.48 Å². The highest BCUT2D eigenvalue weighted by molar-refractivity contribution is 7.10. The minimum atomic E-state index is 0.0540. The molecule has 0 atom stereocenters. The van der Waals surface area contributed by atoms with Crippen LogP contribution in [0.2, 0.25) is 0 Å². The second kappa shape index (κ2) is 7.07. The van der Waals surface area contributed by atoms with Crippen LogP contribution in [-0.4, -0.2) is 22.3 Å². The molecule has 0 spiro atoms. The summed E-state index contributed by atoms with van der Waals surface area (Å²) in [5.41, 5.74) is 3.51. The molecule has 1 N–H and O–H groups in total. The van der Waals surface area contributed by atoms with Crippen LogP contribution in [0.3, 0.4) is 0 Å². The molecular weight excluding hydrogens is 322 g/mol. The SMILES string of the molecule is O=C(Cc1cccs1)NCc1nn(C2CCCC2)c2c1COCC2. The molecule has 2 aliphatic rings. The summed E-state index contributed by atoms with van der Waals surface area (Å²) in [6.07, 6.45) is 6.41. The maximum atomic E-state index is 12.1. The number of ether oxygens (including phenoxy) is 1. The Hall–Kier alpha value is -1.66. The normalized spacial score (nSPS) is 17.8. The average Bonchev–Trinajstić information content (AvgIpc) is 3.33. The van der Waals surface area contributed by atoms with Gasteiger partial charge in [0.1, 0.15) is 0 Å². The first-order chi connectivity index (χ1) is 11.8. The summed E-state index contributed by atoms with van der Waals surface area (Å²) in [6, 6.07) is 4.51. The van der Waals surface area contributed by atoms with E-state index in [9.17, 15) is 4.79 Å². The second-order valence-electron chi connectivity index (χ2n) is 6.59. The van der Waals surface area contributed by atoms with Gasteiger partial charge in [-0.25, -0.2) is 0 Å². The Labute approximate surface area is 146 Å². The van der Waals surface area contributed by atoms with Crippen molar-refractivity contribution in [2.75, 3.05) is 6.61 Å². The summed E-state index contributed by atoms with van der Waals surface area (Å²) in [5.74, 6) is 0.0540. The number of thiophene rings is 1. The van der Waals surface area contributed by atoms with E-state index >= 15 is 0 Å². The number of fused-ring (bicyclic) bond motifs is 1. The van der Waals surface area contributed by atoms with E-state index < -0.39 is 0 Å². The molecule has 6 heteroatoms. The highest BCUT2D eigenvalue weighted by Gasteiger charge is 2.27. The van der Waals surface area contributed by atoms with Gasteiger partial charge >= 0.3 is 0 Å². The van der Waals surface area contributed by atoms with Gasteiger partial charge in [-0.1, -0.05) is 18.9 Å². The summed E-state index contributed by atoms with van der Waals surface area (Å²) in [7, 11) is 0. The van der Waals surface area contributed by atoms with Crippen molar-refractivity contribution in [1.29, 1.82) is 0 Å². The molecule has 0 aromatic carbocycles. The van der Waals surface area contributed by atoms with Crippen molar-refractivity contribution in [2.24, 2.45) is 0 Å². The van der Waals surface area contributed by atoms with Gasteiger partial charge in [0.2, 0.25) is 5.91 Å². The van der Waals surface area contributed by atoms with Crippen molar-refractivity contribution < 1.29 is 9.53 Å². The zero-order chi connectivity index (χ0) is 16.4. The van der Waals surface area contributed by atoms with Gasteiger partial charge in [0.15, 0.2) is 0 Å². The first kappa shape index (κ1) is 15.8. The fourth-order valence-corrected chi connectivity index (χ4v) is 4.44. The molecule has 0 saturated heterocycles. The molecule has 1 amide bonds. The predicted molar refractivity (Wildman–Crippen MR) is 93.0 cm³/mol. The number of carbonyl (C=O) groups is 1. The molecule has 2 aromatic heterocycles. The minimum absolute atomic E-state index is 0.0540. The molecule has 1 fully saturated rings. The van der Waals surface area contributed by atoms with Crippen molar-refractivity contribution in [3.8, 4) is 0 Å². The van der Waals surface area contributed by atoms with E-state index in [1.165, 1.54) is 36.9 Å². The molecule has 24 heavy (non-hydrogen) atoms. The molecule has 128 valence electrons. The zero-order valence-corrected chi connectivity index (χ0v) is 14.6. The quantitative estimate of drug-likeness (QED) is 0.906. The third-order valence-electron chi connectivity index (χ3n) is 4.97. The number of nitrogens with one attached hydrogen (secondary N) is 1. The van der Waals surface area contributed by atoms with Crippen molar-refractivity contribution in [3.63, 3.8) is 0 Å². The predicted octanol–water partition coefficient (Wildman–Crippen LogP) is 2.99. The Morgan fingerprint density at radius 3 is 3.08 bits per heavy atom. The smallest absolute Gasteiger partial charge is 0.225 e. The summed E-state index contributed by atoms with van der Waals surface area (Å²) >= 11 is 1.62. The number of carbonyl (C=O) groups excluding carboxylic acids is 1. The van der Waals surface area contributed by atoms with Crippen LogP contribution in [0.5, 0.6) is 0 Å². The van der Waals surface area contributed by atoms with E-state index in [1.54, 1.807) is 11.3 Å². The van der Waals surface area contributed by atoms with Crippen LogP contribution in [0.25, 0.3) is 0 Å². The molecule has 0 radical (unpaired) electrons. The number of aromatic nitrogens is 2. The number of hydrogen-bond donors (Lipinski definition) is 1. The van der Waals surface area contributed by atoms with Gasteiger partial charge in [-0.2, -0.15) is 5.10 Å². The van der Waals surface area contributed by atoms with Crippen molar-refractivity contribution in [1.82, 2.24) is 15.1 Å². The van der Waals surface area contributed by atoms with Crippen LogP contribution in [0, 0.1) is 0 Å². The van der Waals surface area contributed by atoms with E-state index in [0.29, 0.717) is 25.6 Å². The highest BCUT2D eigenvalue weighted by Crippen LogP contribution is 2.33. The first-order valence-electron chi connectivity index (χ1n) is 8.77. The third kappa shape index (κ3) is 3.26. The molecule has 2 aromatic rings. The summed E-state index contributed by atoms with van der Waals surface area (Å²) in [6.45, 7) is 1.89. The monoisotopic (exact) mass is 345 g/mol. The minimum Gasteiger partial charge on any atom is -0.376 e. The van der Waals surface area contributed by atoms with E-state index in [1.807, 2.05) is 17.5 Å². The van der Waals surface area contributed by atoms with Crippen molar-refractivity contribution >= 4 is 17.2 Å². The molecule has 1 saturated carbocycles. The maximum Gasteiger partial charge on any atom is 0.225 e. The molecule has 0 unspecified atom stereocenters. The van der Waals surface area contributed by atoms with Crippen LogP contribution >= 0.6 is 11.3 Å². The molecule has 4 rings (SSSR count). The van der Waals surface area contributed by atoms with Crippen LogP contribution in [0.4, 0.5) is 0 Å². The number of amides is 1. The molecule has 5 nitrogen and oxygen atoms in total. The highest BCUT2D eigenvalue weighted by atomic mass is 32.1. The first-order valence-corrected chi connectivity index (χ1v) is 9.65. The molecule has 3 heterocycles. The Kier molecular flexibility index (Phi) is 4.67. The number of hydrogen-bond acceptors (Lipinski definition) is 4. The Bertz CT molecular complexity index is 702. The van der Waals surface area contributed by atoms with Gasteiger partial charge in [-0.05, 0) is 24.3 Å². The molecule has 1 aliphatic carbocycles. The third-order valence-corrected chi connectivity index (χ3v) is 5.85. The standard InChI is InChI=1S/C18H23N3O2S/c22-18(10-14-6-3-9-24-14)19-11-16-15-12-23-8-7-17(15)21(20-16)13-4-1-2-5-13/h3,6,9,13H,1-2,4-5,7-8,10-12H2,(H,19,22). The second-order valence-corrected chi connectivity index (χ2v) is 7.62. The van der Waals surface area contributed by atoms with Crippen LogP contribution in [0.1, 0.15) is 53.6 Å². The van der Waals surface area contributed by atoms with E-state index in [4.69, 9.17) is 9.84 Å². The summed E-state index contributed by atoms with van der Waals surface area (Å²) in [4.78, 5) is 13.2. The van der Waals surface area contributed by atoms with Gasteiger partial charge < -0.3 is 10.1 Å². The number of nitrogens with zero attached hydrogens (tertiary/aromatic N) is 2. The Balaban J connectivity index is 1.47. The Morgan fingerprint density at radius 2 is 2.29 bits per heavy atom. The maximum absolute atomic E-state index is 12.1. The fraction of sp³-hybridized carbons (Fsp3) is 0.556. The van der Waals surface area contributed by atoms with Crippen LogP contribution in [0.15, 0.2) is 17.5 Å². The molecule has 0 bridgehead atoms. The van der Waals surface area contributed by atoms with Gasteiger partial charge in [0.25, 0.3) is 0 Å². The van der Waals surface area contributed by atoms with E-state index in [0.717, 1.165) is 23.6 Å². The van der Waals surface area contributed by atoms with Crippen LogP contribution < -0.4 is 5.32 Å². The average molecular weight is 345 g/mol. The largest absolute Gasteiger partial charge is 0.376 e. The van der Waals surface area contributed by atoms with E-state index in [-0.39, 0.29) is 5.91 Å². The summed E-state index contributed by atoms with van der Waals surface area (Å²) in [5, 5.41) is 9.89. The lowest BCUT2D eigenvalue weighted by Gasteiger charge is -2.18. The Morgan fingerprint density at radius 1 is 1.42 bits per heavy atom. The summed E-state index contributed by atoms with van der Waals surface area (Å²) < 4.78 is 7.88. The topological polar surface area (TPSA) is 56.2 Å². The van der Waals surface area contributed by atoms with Crippen LogP contribution in [-0.2, 0) is 35.5 Å². The van der Waals surface area contributed by atoms with E-state index in [2.05, 4.69) is 10.00 Å². The fourth-order valence-electron chi connectivity index (χ4n) is 3.74. The van der Waals surface area contributed by atoms with Crippen molar-refractivity contribution in [3.05, 3.63) is 39.3 Å². The van der Waals surface area contributed by atoms with Gasteiger partial charge in [0, 0.05) is 22.6 Å². The molecule has 1 aliphatic heterocycles. The number of rotatable bonds is 5. The lowest BCUT2D eigenvalue weighted by Crippen LogP contribution is -2.25.